The molecular formula is C11H14ClN3. The summed E-state index contributed by atoms with van der Waals surface area (Å²) in [7, 11) is 0. The SMILES string of the molecule is CCCC(Cl)Cc1ccn2nccc2n1. The van der Waals surface area contributed by atoms with E-state index in [1.54, 1.807) is 10.7 Å². The molecule has 2 heterocycles. The topological polar surface area (TPSA) is 30.2 Å². The normalized spacial score (nSPS) is 13.2. The monoisotopic (exact) mass is 223 g/mol. The van der Waals surface area contributed by atoms with Crippen molar-refractivity contribution in [2.24, 2.45) is 0 Å². The quantitative estimate of drug-likeness (QED) is 0.746. The van der Waals surface area contributed by atoms with Crippen molar-refractivity contribution in [2.75, 3.05) is 0 Å². The van der Waals surface area contributed by atoms with Gasteiger partial charge >= 0.3 is 0 Å². The highest BCUT2D eigenvalue weighted by atomic mass is 35.5. The van der Waals surface area contributed by atoms with Crippen LogP contribution in [-0.4, -0.2) is 20.0 Å². The molecule has 0 saturated heterocycles. The fraction of sp³-hybridized carbons (Fsp3) is 0.455. The third kappa shape index (κ3) is 2.48. The smallest absolute Gasteiger partial charge is 0.155 e. The second kappa shape index (κ2) is 4.62. The van der Waals surface area contributed by atoms with E-state index in [0.717, 1.165) is 30.6 Å². The Labute approximate surface area is 94.1 Å². The van der Waals surface area contributed by atoms with Gasteiger partial charge in [-0.25, -0.2) is 9.50 Å². The third-order valence-corrected chi connectivity index (χ3v) is 2.72. The lowest BCUT2D eigenvalue weighted by Gasteiger charge is -2.06. The van der Waals surface area contributed by atoms with Gasteiger partial charge in [0.2, 0.25) is 0 Å². The zero-order valence-corrected chi connectivity index (χ0v) is 9.48. The van der Waals surface area contributed by atoms with Crippen LogP contribution in [0.1, 0.15) is 25.5 Å². The van der Waals surface area contributed by atoms with Crippen molar-refractivity contribution in [1.82, 2.24) is 14.6 Å². The molecule has 0 aliphatic rings. The van der Waals surface area contributed by atoms with Crippen LogP contribution in [0, 0.1) is 0 Å². The number of aromatic nitrogens is 3. The molecule has 15 heavy (non-hydrogen) atoms. The van der Waals surface area contributed by atoms with Gasteiger partial charge in [-0.05, 0) is 12.5 Å². The summed E-state index contributed by atoms with van der Waals surface area (Å²) >= 11 is 6.18. The predicted molar refractivity (Wildman–Crippen MR) is 61.2 cm³/mol. The minimum atomic E-state index is 0.188. The molecule has 0 bridgehead atoms. The number of alkyl halides is 1. The number of halogens is 1. The Balaban J connectivity index is 2.14. The van der Waals surface area contributed by atoms with E-state index in [4.69, 9.17) is 11.6 Å². The summed E-state index contributed by atoms with van der Waals surface area (Å²) in [5, 5.41) is 4.28. The first-order valence-corrected chi connectivity index (χ1v) is 5.66. The summed E-state index contributed by atoms with van der Waals surface area (Å²) in [4.78, 5) is 4.47. The van der Waals surface area contributed by atoms with E-state index in [0.29, 0.717) is 0 Å². The molecule has 0 saturated carbocycles. The summed E-state index contributed by atoms with van der Waals surface area (Å²) in [6, 6.07) is 3.87. The van der Waals surface area contributed by atoms with Gasteiger partial charge in [-0.3, -0.25) is 0 Å². The van der Waals surface area contributed by atoms with Gasteiger partial charge in [-0.15, -0.1) is 11.6 Å². The number of fused-ring (bicyclic) bond motifs is 1. The molecule has 2 aromatic heterocycles. The van der Waals surface area contributed by atoms with E-state index in [2.05, 4.69) is 17.0 Å². The molecule has 0 aliphatic carbocycles. The van der Waals surface area contributed by atoms with Gasteiger partial charge in [-0.2, -0.15) is 5.10 Å². The second-order valence-electron chi connectivity index (χ2n) is 3.64. The first-order valence-electron chi connectivity index (χ1n) is 5.23. The molecule has 0 fully saturated rings. The average molecular weight is 224 g/mol. The largest absolute Gasteiger partial charge is 0.234 e. The van der Waals surface area contributed by atoms with Gasteiger partial charge in [0.25, 0.3) is 0 Å². The van der Waals surface area contributed by atoms with E-state index in [-0.39, 0.29) is 5.38 Å². The molecule has 2 rings (SSSR count). The molecule has 0 aliphatic heterocycles. The van der Waals surface area contributed by atoms with Crippen molar-refractivity contribution in [2.45, 2.75) is 31.6 Å². The Bertz CT molecular complexity index is 438. The van der Waals surface area contributed by atoms with Crippen LogP contribution >= 0.6 is 11.6 Å². The fourth-order valence-corrected chi connectivity index (χ4v) is 1.98. The number of rotatable bonds is 4. The minimum absolute atomic E-state index is 0.188. The van der Waals surface area contributed by atoms with Crippen molar-refractivity contribution < 1.29 is 0 Å². The molecule has 3 nitrogen and oxygen atoms in total. The van der Waals surface area contributed by atoms with E-state index in [9.17, 15) is 0 Å². The highest BCUT2D eigenvalue weighted by Crippen LogP contribution is 2.12. The maximum atomic E-state index is 6.18. The van der Waals surface area contributed by atoms with Gasteiger partial charge in [0.1, 0.15) is 0 Å². The van der Waals surface area contributed by atoms with E-state index in [1.165, 1.54) is 0 Å². The van der Waals surface area contributed by atoms with Crippen LogP contribution in [0.25, 0.3) is 5.65 Å². The lowest BCUT2D eigenvalue weighted by molar-refractivity contribution is 0.714. The molecule has 2 aromatic rings. The van der Waals surface area contributed by atoms with Crippen LogP contribution in [-0.2, 0) is 6.42 Å². The van der Waals surface area contributed by atoms with Crippen molar-refractivity contribution in [3.8, 4) is 0 Å². The molecule has 0 spiro atoms. The van der Waals surface area contributed by atoms with Crippen molar-refractivity contribution in [3.05, 3.63) is 30.2 Å². The zero-order chi connectivity index (χ0) is 10.7. The van der Waals surface area contributed by atoms with Gasteiger partial charge in [0.15, 0.2) is 5.65 Å². The Kier molecular flexibility index (Phi) is 3.21. The lowest BCUT2D eigenvalue weighted by Crippen LogP contribution is -2.05. The summed E-state index contributed by atoms with van der Waals surface area (Å²) in [5.41, 5.74) is 1.92. The first-order chi connectivity index (χ1) is 7.29. The number of hydrogen-bond acceptors (Lipinski definition) is 2. The highest BCUT2D eigenvalue weighted by molar-refractivity contribution is 6.20. The minimum Gasteiger partial charge on any atom is -0.234 e. The first kappa shape index (κ1) is 10.4. The summed E-state index contributed by atoms with van der Waals surface area (Å²) < 4.78 is 1.76. The molecular weight excluding hydrogens is 210 g/mol. The summed E-state index contributed by atoms with van der Waals surface area (Å²) in [5.74, 6) is 0. The highest BCUT2D eigenvalue weighted by Gasteiger charge is 2.06. The van der Waals surface area contributed by atoms with Crippen LogP contribution in [0.4, 0.5) is 0 Å². The zero-order valence-electron chi connectivity index (χ0n) is 8.73. The van der Waals surface area contributed by atoms with Gasteiger partial charge in [0.05, 0.1) is 6.20 Å². The summed E-state index contributed by atoms with van der Waals surface area (Å²) in [6.45, 7) is 2.14. The Morgan fingerprint density at radius 3 is 3.13 bits per heavy atom. The second-order valence-corrected chi connectivity index (χ2v) is 4.26. The van der Waals surface area contributed by atoms with Crippen LogP contribution in [0.5, 0.6) is 0 Å². The molecule has 0 amide bonds. The maximum Gasteiger partial charge on any atom is 0.155 e. The predicted octanol–water partition coefficient (Wildman–Crippen LogP) is 2.68. The Morgan fingerprint density at radius 1 is 1.47 bits per heavy atom. The number of nitrogens with zero attached hydrogens (tertiary/aromatic N) is 3. The maximum absolute atomic E-state index is 6.18. The van der Waals surface area contributed by atoms with Crippen molar-refractivity contribution in [1.29, 1.82) is 0 Å². The Hall–Kier alpha value is -1.09. The van der Waals surface area contributed by atoms with Crippen LogP contribution < -0.4 is 0 Å². The van der Waals surface area contributed by atoms with Gasteiger partial charge < -0.3 is 0 Å². The molecule has 1 unspecified atom stereocenters. The molecule has 4 heteroatoms. The van der Waals surface area contributed by atoms with E-state index in [1.807, 2.05) is 18.3 Å². The van der Waals surface area contributed by atoms with Crippen molar-refractivity contribution >= 4 is 17.2 Å². The fourth-order valence-electron chi connectivity index (χ4n) is 1.61. The molecule has 1 atom stereocenters. The molecule has 0 N–H and O–H groups in total. The van der Waals surface area contributed by atoms with Gasteiger partial charge in [-0.1, -0.05) is 13.3 Å². The molecule has 0 radical (unpaired) electrons. The van der Waals surface area contributed by atoms with Crippen LogP contribution in [0.15, 0.2) is 24.5 Å². The van der Waals surface area contributed by atoms with E-state index >= 15 is 0 Å². The standard InChI is InChI=1S/C11H14ClN3/c1-2-3-9(12)8-10-5-7-15-11(14-10)4-6-13-15/h4-7,9H,2-3,8H2,1H3. The van der Waals surface area contributed by atoms with Crippen molar-refractivity contribution in [3.63, 3.8) is 0 Å². The molecule has 0 aromatic carbocycles. The van der Waals surface area contributed by atoms with Crippen LogP contribution in [0.2, 0.25) is 0 Å². The van der Waals surface area contributed by atoms with Gasteiger partial charge in [0, 0.05) is 29.8 Å². The third-order valence-electron chi connectivity index (χ3n) is 2.35. The van der Waals surface area contributed by atoms with Crippen LogP contribution in [0.3, 0.4) is 0 Å². The Morgan fingerprint density at radius 2 is 2.33 bits per heavy atom. The van der Waals surface area contributed by atoms with E-state index < -0.39 is 0 Å². The lowest BCUT2D eigenvalue weighted by atomic mass is 10.1. The molecule has 80 valence electrons. The number of hydrogen-bond donors (Lipinski definition) is 0. The summed E-state index contributed by atoms with van der Waals surface area (Å²) in [6.07, 6.45) is 6.65. The average Bonchev–Trinajstić information content (AvgIpc) is 2.65.